The van der Waals surface area contributed by atoms with E-state index in [0.29, 0.717) is 0 Å². The first-order valence-electron chi connectivity index (χ1n) is 8.31. The molecule has 0 bridgehead atoms. The van der Waals surface area contributed by atoms with Crippen molar-refractivity contribution in [2.45, 2.75) is 20.8 Å². The van der Waals surface area contributed by atoms with E-state index in [1.807, 2.05) is 20.8 Å². The fraction of sp³-hybridized carbons (Fsp3) is 0.136. The number of nitrogens with zero attached hydrogens (tertiary/aromatic N) is 1. The summed E-state index contributed by atoms with van der Waals surface area (Å²) < 4.78 is 0. The van der Waals surface area contributed by atoms with Crippen molar-refractivity contribution in [2.75, 3.05) is 0 Å². The number of hydrogen-bond acceptors (Lipinski definition) is 2. The molecule has 1 nitrogen and oxygen atoms in total. The number of aromatic nitrogens is 1. The van der Waals surface area contributed by atoms with Crippen molar-refractivity contribution in [1.29, 1.82) is 0 Å². The van der Waals surface area contributed by atoms with Crippen LogP contribution in [0.1, 0.15) is 19.5 Å². The van der Waals surface area contributed by atoms with Crippen molar-refractivity contribution in [3.8, 4) is 21.7 Å². The third kappa shape index (κ3) is 3.39. The predicted octanol–water partition coefficient (Wildman–Crippen LogP) is 6.96. The van der Waals surface area contributed by atoms with E-state index in [2.05, 4.69) is 77.1 Å². The number of fused-ring (bicyclic) bond motifs is 1. The maximum atomic E-state index is 4.54. The summed E-state index contributed by atoms with van der Waals surface area (Å²) in [5.41, 5.74) is 4.75. The van der Waals surface area contributed by atoms with Crippen LogP contribution < -0.4 is 0 Å². The molecule has 0 aliphatic rings. The summed E-state index contributed by atoms with van der Waals surface area (Å²) in [6.45, 7) is 6.03. The van der Waals surface area contributed by atoms with Crippen molar-refractivity contribution in [3.05, 3.63) is 77.8 Å². The Balaban J connectivity index is 0.000000815. The molecule has 0 aliphatic carbocycles. The molecule has 0 radical (unpaired) electrons. The Morgan fingerprint density at radius 3 is 2.00 bits per heavy atom. The average Bonchev–Trinajstić information content (AvgIpc) is 3.09. The summed E-state index contributed by atoms with van der Waals surface area (Å²) in [5.74, 6) is 0. The third-order valence-electron chi connectivity index (χ3n) is 3.83. The van der Waals surface area contributed by atoms with Gasteiger partial charge in [0.2, 0.25) is 0 Å². The van der Waals surface area contributed by atoms with Gasteiger partial charge in [-0.05, 0) is 34.9 Å². The monoisotopic (exact) mass is 331 g/mol. The van der Waals surface area contributed by atoms with Crippen LogP contribution in [-0.4, -0.2) is 4.98 Å². The smallest absolute Gasteiger partial charge is 0.123 e. The van der Waals surface area contributed by atoms with Gasteiger partial charge in [0.25, 0.3) is 0 Å². The van der Waals surface area contributed by atoms with Crippen molar-refractivity contribution in [3.63, 3.8) is 0 Å². The molecule has 4 rings (SSSR count). The van der Waals surface area contributed by atoms with Crippen LogP contribution in [0.3, 0.4) is 0 Å². The molecule has 1 aromatic heterocycles. The number of benzene rings is 3. The lowest BCUT2D eigenvalue weighted by Gasteiger charge is -2.05. The van der Waals surface area contributed by atoms with Gasteiger partial charge in [0, 0.05) is 16.6 Å². The van der Waals surface area contributed by atoms with Crippen LogP contribution in [0.15, 0.2) is 72.1 Å². The molecule has 0 unspecified atom stereocenters. The summed E-state index contributed by atoms with van der Waals surface area (Å²) in [5, 5.41) is 5.73. The Labute approximate surface area is 147 Å². The van der Waals surface area contributed by atoms with E-state index in [4.69, 9.17) is 0 Å². The van der Waals surface area contributed by atoms with Gasteiger partial charge in [-0.25, -0.2) is 4.98 Å². The molecule has 0 fully saturated rings. The Bertz CT molecular complexity index is 936. The molecule has 0 spiro atoms. The molecule has 4 aromatic rings. The summed E-state index contributed by atoms with van der Waals surface area (Å²) >= 11 is 1.70. The normalized spacial score (nSPS) is 10.3. The van der Waals surface area contributed by atoms with Crippen LogP contribution in [0.25, 0.3) is 32.5 Å². The van der Waals surface area contributed by atoms with Crippen LogP contribution in [-0.2, 0) is 0 Å². The lowest BCUT2D eigenvalue weighted by Crippen LogP contribution is -1.81. The van der Waals surface area contributed by atoms with Gasteiger partial charge < -0.3 is 0 Å². The van der Waals surface area contributed by atoms with Gasteiger partial charge >= 0.3 is 0 Å². The van der Waals surface area contributed by atoms with Gasteiger partial charge in [-0.15, -0.1) is 11.3 Å². The zero-order valence-electron chi connectivity index (χ0n) is 14.3. The Morgan fingerprint density at radius 1 is 0.708 bits per heavy atom. The van der Waals surface area contributed by atoms with E-state index >= 15 is 0 Å². The summed E-state index contributed by atoms with van der Waals surface area (Å²) in [6, 6.07) is 23.7. The molecular formula is C22H21NS. The highest BCUT2D eigenvalue weighted by Crippen LogP contribution is 2.28. The number of hydrogen-bond donors (Lipinski definition) is 0. The van der Waals surface area contributed by atoms with Crippen molar-refractivity contribution >= 4 is 22.1 Å². The highest BCUT2D eigenvalue weighted by molar-refractivity contribution is 7.13. The molecule has 1 heterocycles. The minimum Gasteiger partial charge on any atom is -0.241 e. The van der Waals surface area contributed by atoms with Gasteiger partial charge in [-0.1, -0.05) is 74.5 Å². The minimum atomic E-state index is 1.08. The fourth-order valence-electron chi connectivity index (χ4n) is 2.66. The van der Waals surface area contributed by atoms with Crippen LogP contribution >= 0.6 is 11.3 Å². The zero-order valence-corrected chi connectivity index (χ0v) is 15.1. The maximum absolute atomic E-state index is 4.54. The SMILES string of the molecule is CC.Cc1csc(-c2ccc(-c3ccc4ccccc4c3)cc2)n1. The highest BCUT2D eigenvalue weighted by Gasteiger charge is 2.04. The van der Waals surface area contributed by atoms with E-state index in [-0.39, 0.29) is 0 Å². The zero-order chi connectivity index (χ0) is 16.9. The second-order valence-electron chi connectivity index (χ2n) is 5.43. The summed E-state index contributed by atoms with van der Waals surface area (Å²) in [7, 11) is 0. The minimum absolute atomic E-state index is 1.08. The first kappa shape index (κ1) is 16.4. The number of rotatable bonds is 2. The van der Waals surface area contributed by atoms with Gasteiger partial charge in [0.1, 0.15) is 5.01 Å². The standard InChI is InChI=1S/C20H15NS.C2H6/c1-14-13-22-20(21-14)17-9-6-16(7-10-17)19-11-8-15-4-2-3-5-18(15)12-19;1-2/h2-13H,1H3;1-2H3. The van der Waals surface area contributed by atoms with E-state index < -0.39 is 0 Å². The molecule has 0 N–H and O–H groups in total. The quantitative estimate of drug-likeness (QED) is 0.386. The van der Waals surface area contributed by atoms with Gasteiger partial charge in [0.05, 0.1) is 0 Å². The Hall–Kier alpha value is -2.45. The number of aryl methyl sites for hydroxylation is 1. The molecule has 0 amide bonds. The lowest BCUT2D eigenvalue weighted by atomic mass is 10.0. The first-order valence-corrected chi connectivity index (χ1v) is 9.19. The van der Waals surface area contributed by atoms with Gasteiger partial charge in [-0.3, -0.25) is 0 Å². The third-order valence-corrected chi connectivity index (χ3v) is 4.84. The predicted molar refractivity (Wildman–Crippen MR) is 107 cm³/mol. The molecule has 0 saturated carbocycles. The second kappa shape index (κ2) is 7.41. The molecule has 3 aromatic carbocycles. The summed E-state index contributed by atoms with van der Waals surface area (Å²) in [4.78, 5) is 4.54. The largest absolute Gasteiger partial charge is 0.241 e. The van der Waals surface area contributed by atoms with Crippen molar-refractivity contribution in [1.82, 2.24) is 4.98 Å². The van der Waals surface area contributed by atoms with Crippen LogP contribution in [0.4, 0.5) is 0 Å². The van der Waals surface area contributed by atoms with E-state index in [0.717, 1.165) is 10.7 Å². The average molecular weight is 331 g/mol. The Morgan fingerprint density at radius 2 is 1.33 bits per heavy atom. The molecule has 120 valence electrons. The molecular weight excluding hydrogens is 310 g/mol. The first-order chi connectivity index (χ1) is 11.8. The molecule has 0 atom stereocenters. The molecule has 24 heavy (non-hydrogen) atoms. The molecule has 2 heteroatoms. The van der Waals surface area contributed by atoms with E-state index in [1.54, 1.807) is 11.3 Å². The fourth-order valence-corrected chi connectivity index (χ4v) is 3.46. The highest BCUT2D eigenvalue weighted by atomic mass is 32.1. The van der Waals surface area contributed by atoms with E-state index in [1.165, 1.54) is 27.5 Å². The van der Waals surface area contributed by atoms with E-state index in [9.17, 15) is 0 Å². The van der Waals surface area contributed by atoms with Gasteiger partial charge in [-0.2, -0.15) is 0 Å². The molecule has 0 aliphatic heterocycles. The van der Waals surface area contributed by atoms with Crippen molar-refractivity contribution in [2.24, 2.45) is 0 Å². The van der Waals surface area contributed by atoms with Crippen LogP contribution in [0.5, 0.6) is 0 Å². The summed E-state index contributed by atoms with van der Waals surface area (Å²) in [6.07, 6.45) is 0. The van der Waals surface area contributed by atoms with Crippen LogP contribution in [0.2, 0.25) is 0 Å². The van der Waals surface area contributed by atoms with Gasteiger partial charge in [0.15, 0.2) is 0 Å². The Kier molecular flexibility index (Phi) is 5.07. The van der Waals surface area contributed by atoms with Crippen molar-refractivity contribution < 1.29 is 0 Å². The lowest BCUT2D eigenvalue weighted by molar-refractivity contribution is 1.27. The topological polar surface area (TPSA) is 12.9 Å². The second-order valence-corrected chi connectivity index (χ2v) is 6.29. The molecule has 0 saturated heterocycles. The maximum Gasteiger partial charge on any atom is 0.123 e. The van der Waals surface area contributed by atoms with Crippen LogP contribution in [0, 0.1) is 6.92 Å². The number of thiazole rings is 1.